The molecular formula is C14H28N2O. The summed E-state index contributed by atoms with van der Waals surface area (Å²) < 4.78 is 0. The first kappa shape index (κ1) is 13.3. The lowest BCUT2D eigenvalue weighted by Gasteiger charge is -2.42. The number of aliphatic hydroxyl groups is 1. The molecule has 0 amide bonds. The summed E-state index contributed by atoms with van der Waals surface area (Å²) in [6.45, 7) is 9.23. The van der Waals surface area contributed by atoms with Gasteiger partial charge in [-0.1, -0.05) is 6.92 Å². The highest BCUT2D eigenvalue weighted by atomic mass is 16.3. The molecule has 0 radical (unpaired) electrons. The zero-order valence-corrected chi connectivity index (χ0v) is 11.6. The van der Waals surface area contributed by atoms with Gasteiger partial charge in [0.15, 0.2) is 0 Å². The molecule has 4 unspecified atom stereocenters. The zero-order chi connectivity index (χ0) is 12.4. The van der Waals surface area contributed by atoms with Gasteiger partial charge in [0.2, 0.25) is 0 Å². The molecule has 1 aliphatic carbocycles. The van der Waals surface area contributed by atoms with Crippen LogP contribution in [-0.2, 0) is 0 Å². The average Bonchev–Trinajstić information content (AvgIpc) is 2.27. The predicted molar refractivity (Wildman–Crippen MR) is 71.0 cm³/mol. The monoisotopic (exact) mass is 240 g/mol. The molecule has 100 valence electrons. The molecule has 0 aromatic carbocycles. The van der Waals surface area contributed by atoms with Gasteiger partial charge < -0.3 is 10.0 Å². The molecule has 4 atom stereocenters. The molecule has 1 aliphatic heterocycles. The minimum Gasteiger partial charge on any atom is -0.393 e. The molecule has 0 aromatic rings. The predicted octanol–water partition coefficient (Wildman–Crippen LogP) is 1.42. The second kappa shape index (κ2) is 5.68. The molecule has 1 saturated carbocycles. The van der Waals surface area contributed by atoms with E-state index in [0.717, 1.165) is 25.4 Å². The van der Waals surface area contributed by atoms with Crippen molar-refractivity contribution in [3.63, 3.8) is 0 Å². The van der Waals surface area contributed by atoms with Gasteiger partial charge in [0.05, 0.1) is 6.10 Å². The average molecular weight is 240 g/mol. The van der Waals surface area contributed by atoms with Crippen LogP contribution in [0.5, 0.6) is 0 Å². The van der Waals surface area contributed by atoms with Crippen molar-refractivity contribution in [1.29, 1.82) is 0 Å². The van der Waals surface area contributed by atoms with E-state index in [1.807, 2.05) is 0 Å². The maximum atomic E-state index is 10.1. The number of nitrogens with zero attached hydrogens (tertiary/aromatic N) is 2. The summed E-state index contributed by atoms with van der Waals surface area (Å²) in [5, 5.41) is 10.1. The Labute approximate surface area is 106 Å². The maximum absolute atomic E-state index is 10.1. The second-order valence-electron chi connectivity index (χ2n) is 6.35. The van der Waals surface area contributed by atoms with Gasteiger partial charge in [0, 0.05) is 32.2 Å². The first-order chi connectivity index (χ1) is 8.06. The Morgan fingerprint density at radius 3 is 2.65 bits per heavy atom. The highest BCUT2D eigenvalue weighted by Gasteiger charge is 2.31. The molecule has 0 aromatic heterocycles. The summed E-state index contributed by atoms with van der Waals surface area (Å²) in [5.74, 6) is 1.30. The lowest BCUT2D eigenvalue weighted by molar-refractivity contribution is 0.00761. The van der Waals surface area contributed by atoms with E-state index in [9.17, 15) is 5.11 Å². The third kappa shape index (κ3) is 3.43. The van der Waals surface area contributed by atoms with Crippen LogP contribution < -0.4 is 0 Å². The first-order valence-electron chi connectivity index (χ1n) is 7.17. The number of piperazine rings is 1. The van der Waals surface area contributed by atoms with Crippen LogP contribution in [0.3, 0.4) is 0 Å². The number of rotatable bonds is 2. The first-order valence-corrected chi connectivity index (χ1v) is 7.17. The van der Waals surface area contributed by atoms with Crippen molar-refractivity contribution in [2.45, 2.75) is 45.3 Å². The van der Waals surface area contributed by atoms with Crippen LogP contribution in [0, 0.1) is 11.8 Å². The standard InChI is InChI=1S/C14H28N2O/c1-11-4-5-14(17)13(8-11)10-16-7-6-15(3)9-12(16)2/h11-14,17H,4-10H2,1-3H3. The van der Waals surface area contributed by atoms with E-state index in [1.54, 1.807) is 0 Å². The summed E-state index contributed by atoms with van der Waals surface area (Å²) in [6, 6.07) is 0.637. The molecular weight excluding hydrogens is 212 g/mol. The van der Waals surface area contributed by atoms with E-state index < -0.39 is 0 Å². The number of aliphatic hydroxyl groups excluding tert-OH is 1. The Kier molecular flexibility index (Phi) is 4.45. The molecule has 17 heavy (non-hydrogen) atoms. The van der Waals surface area contributed by atoms with Crippen LogP contribution in [0.25, 0.3) is 0 Å². The van der Waals surface area contributed by atoms with E-state index in [0.29, 0.717) is 12.0 Å². The number of likely N-dealkylation sites (N-methyl/N-ethyl adjacent to an activating group) is 1. The van der Waals surface area contributed by atoms with Crippen LogP contribution in [0.1, 0.15) is 33.1 Å². The largest absolute Gasteiger partial charge is 0.393 e. The molecule has 2 rings (SSSR count). The van der Waals surface area contributed by atoms with Crippen molar-refractivity contribution < 1.29 is 5.11 Å². The fourth-order valence-corrected chi connectivity index (χ4v) is 3.43. The topological polar surface area (TPSA) is 26.7 Å². The molecule has 3 heteroatoms. The van der Waals surface area contributed by atoms with Crippen molar-refractivity contribution in [3.8, 4) is 0 Å². The molecule has 1 heterocycles. The lowest BCUT2D eigenvalue weighted by atomic mass is 9.80. The smallest absolute Gasteiger partial charge is 0.0580 e. The quantitative estimate of drug-likeness (QED) is 0.791. The van der Waals surface area contributed by atoms with Gasteiger partial charge in [-0.3, -0.25) is 4.90 Å². The zero-order valence-electron chi connectivity index (χ0n) is 11.6. The summed E-state index contributed by atoms with van der Waals surface area (Å²) >= 11 is 0. The van der Waals surface area contributed by atoms with E-state index in [1.165, 1.54) is 25.9 Å². The second-order valence-corrected chi connectivity index (χ2v) is 6.35. The number of hydrogen-bond acceptors (Lipinski definition) is 3. The van der Waals surface area contributed by atoms with E-state index >= 15 is 0 Å². The van der Waals surface area contributed by atoms with Crippen molar-refractivity contribution in [1.82, 2.24) is 9.80 Å². The Morgan fingerprint density at radius 2 is 1.94 bits per heavy atom. The lowest BCUT2D eigenvalue weighted by Crippen LogP contribution is -2.53. The fraction of sp³-hybridized carbons (Fsp3) is 1.00. The molecule has 1 saturated heterocycles. The van der Waals surface area contributed by atoms with Gasteiger partial charge in [-0.2, -0.15) is 0 Å². The molecule has 0 spiro atoms. The Balaban J connectivity index is 1.86. The van der Waals surface area contributed by atoms with Crippen LogP contribution in [0.4, 0.5) is 0 Å². The van der Waals surface area contributed by atoms with Gasteiger partial charge in [0.1, 0.15) is 0 Å². The normalized spacial score (nSPS) is 41.6. The highest BCUT2D eigenvalue weighted by Crippen LogP contribution is 2.30. The molecule has 3 nitrogen and oxygen atoms in total. The molecule has 1 N–H and O–H groups in total. The van der Waals surface area contributed by atoms with Crippen molar-refractivity contribution in [2.75, 3.05) is 33.2 Å². The summed E-state index contributed by atoms with van der Waals surface area (Å²) in [7, 11) is 2.20. The molecule has 2 fully saturated rings. The summed E-state index contributed by atoms with van der Waals surface area (Å²) in [4.78, 5) is 4.98. The van der Waals surface area contributed by atoms with Gasteiger partial charge >= 0.3 is 0 Å². The van der Waals surface area contributed by atoms with Gasteiger partial charge in [0.25, 0.3) is 0 Å². The SMILES string of the molecule is CC1CCC(O)C(CN2CCN(C)CC2C)C1. The van der Waals surface area contributed by atoms with Gasteiger partial charge in [-0.15, -0.1) is 0 Å². The summed E-state index contributed by atoms with van der Waals surface area (Å²) in [5.41, 5.74) is 0. The Morgan fingerprint density at radius 1 is 1.18 bits per heavy atom. The van der Waals surface area contributed by atoms with Crippen molar-refractivity contribution in [2.24, 2.45) is 11.8 Å². The summed E-state index contributed by atoms with van der Waals surface area (Å²) in [6.07, 6.45) is 3.36. The van der Waals surface area contributed by atoms with Crippen LogP contribution >= 0.6 is 0 Å². The third-order valence-corrected chi connectivity index (χ3v) is 4.64. The fourth-order valence-electron chi connectivity index (χ4n) is 3.43. The van der Waals surface area contributed by atoms with E-state index in [4.69, 9.17) is 0 Å². The maximum Gasteiger partial charge on any atom is 0.0580 e. The Bertz CT molecular complexity index is 246. The van der Waals surface area contributed by atoms with E-state index in [-0.39, 0.29) is 6.10 Å². The Hall–Kier alpha value is -0.120. The minimum atomic E-state index is -0.0574. The van der Waals surface area contributed by atoms with Gasteiger partial charge in [-0.25, -0.2) is 0 Å². The van der Waals surface area contributed by atoms with Crippen LogP contribution in [0.15, 0.2) is 0 Å². The van der Waals surface area contributed by atoms with Crippen LogP contribution in [-0.4, -0.2) is 60.3 Å². The van der Waals surface area contributed by atoms with Crippen molar-refractivity contribution >= 4 is 0 Å². The minimum absolute atomic E-state index is 0.0574. The van der Waals surface area contributed by atoms with Crippen LogP contribution in [0.2, 0.25) is 0 Å². The number of hydrogen-bond donors (Lipinski definition) is 1. The highest BCUT2D eigenvalue weighted by molar-refractivity contribution is 4.84. The van der Waals surface area contributed by atoms with Crippen molar-refractivity contribution in [3.05, 3.63) is 0 Å². The third-order valence-electron chi connectivity index (χ3n) is 4.64. The van der Waals surface area contributed by atoms with Gasteiger partial charge in [-0.05, 0) is 45.1 Å². The molecule has 2 aliphatic rings. The molecule has 0 bridgehead atoms. The van der Waals surface area contributed by atoms with E-state index in [2.05, 4.69) is 30.7 Å².